The van der Waals surface area contributed by atoms with E-state index in [1.165, 1.54) is 68.2 Å². The SMILES string of the molecule is CC(C)(C)NC(=S)Nc1c(C2CCCC2)cccc1C1CCCC1. The van der Waals surface area contributed by atoms with Crippen molar-refractivity contribution in [3.63, 3.8) is 0 Å². The Labute approximate surface area is 152 Å². The van der Waals surface area contributed by atoms with Crippen LogP contribution in [0.4, 0.5) is 5.69 Å². The molecule has 1 aromatic carbocycles. The second kappa shape index (κ2) is 7.43. The Hall–Kier alpha value is -1.09. The summed E-state index contributed by atoms with van der Waals surface area (Å²) in [7, 11) is 0. The summed E-state index contributed by atoms with van der Waals surface area (Å²) in [6.07, 6.45) is 10.7. The van der Waals surface area contributed by atoms with Crippen LogP contribution in [0.25, 0.3) is 0 Å². The second-order valence-corrected chi connectivity index (χ2v) is 9.01. The van der Waals surface area contributed by atoms with Crippen LogP contribution < -0.4 is 10.6 Å². The molecule has 0 radical (unpaired) electrons. The quantitative estimate of drug-likeness (QED) is 0.649. The van der Waals surface area contributed by atoms with Gasteiger partial charge < -0.3 is 10.6 Å². The molecule has 2 nitrogen and oxygen atoms in total. The van der Waals surface area contributed by atoms with Gasteiger partial charge in [0.15, 0.2) is 5.11 Å². The Morgan fingerprint density at radius 1 is 0.917 bits per heavy atom. The lowest BCUT2D eigenvalue weighted by Gasteiger charge is -2.27. The van der Waals surface area contributed by atoms with Crippen LogP contribution in [0.2, 0.25) is 0 Å². The summed E-state index contributed by atoms with van der Waals surface area (Å²) in [4.78, 5) is 0. The first-order valence-electron chi connectivity index (χ1n) is 9.66. The molecule has 24 heavy (non-hydrogen) atoms. The Morgan fingerprint density at radius 2 is 1.38 bits per heavy atom. The fraction of sp³-hybridized carbons (Fsp3) is 0.667. The van der Waals surface area contributed by atoms with Crippen LogP contribution in [-0.4, -0.2) is 10.7 Å². The van der Waals surface area contributed by atoms with Gasteiger partial charge in [0.25, 0.3) is 0 Å². The predicted octanol–water partition coefficient (Wildman–Crippen LogP) is 6.09. The molecule has 2 aliphatic rings. The van der Waals surface area contributed by atoms with Crippen LogP contribution >= 0.6 is 12.2 Å². The Bertz CT molecular complexity index is 542. The normalized spacial score (nSPS) is 19.6. The highest BCUT2D eigenvalue weighted by molar-refractivity contribution is 7.80. The van der Waals surface area contributed by atoms with Crippen LogP contribution in [-0.2, 0) is 0 Å². The lowest BCUT2D eigenvalue weighted by molar-refractivity contribution is 0.514. The molecule has 0 bridgehead atoms. The zero-order valence-electron chi connectivity index (χ0n) is 15.5. The summed E-state index contributed by atoms with van der Waals surface area (Å²) >= 11 is 5.63. The molecule has 0 saturated heterocycles. The maximum atomic E-state index is 5.63. The molecule has 0 amide bonds. The second-order valence-electron chi connectivity index (χ2n) is 8.60. The maximum absolute atomic E-state index is 5.63. The molecule has 2 aliphatic carbocycles. The van der Waals surface area contributed by atoms with E-state index in [0.717, 1.165) is 5.11 Å². The minimum absolute atomic E-state index is 0.0140. The highest BCUT2D eigenvalue weighted by Gasteiger charge is 2.26. The summed E-state index contributed by atoms with van der Waals surface area (Å²) in [5.41, 5.74) is 4.29. The van der Waals surface area contributed by atoms with Gasteiger partial charge in [-0.2, -0.15) is 0 Å². The van der Waals surface area contributed by atoms with Crippen molar-refractivity contribution < 1.29 is 0 Å². The number of rotatable bonds is 3. The van der Waals surface area contributed by atoms with Crippen molar-refractivity contribution in [3.05, 3.63) is 29.3 Å². The fourth-order valence-corrected chi connectivity index (χ4v) is 4.78. The molecule has 2 saturated carbocycles. The van der Waals surface area contributed by atoms with E-state index >= 15 is 0 Å². The molecule has 0 aliphatic heterocycles. The maximum Gasteiger partial charge on any atom is 0.171 e. The average molecular weight is 345 g/mol. The van der Waals surface area contributed by atoms with Gasteiger partial charge in [-0.15, -0.1) is 0 Å². The first-order valence-corrected chi connectivity index (χ1v) is 10.1. The van der Waals surface area contributed by atoms with E-state index in [4.69, 9.17) is 12.2 Å². The first kappa shape index (κ1) is 17.7. The van der Waals surface area contributed by atoms with E-state index in [0.29, 0.717) is 11.8 Å². The van der Waals surface area contributed by atoms with Crippen molar-refractivity contribution in [3.8, 4) is 0 Å². The topological polar surface area (TPSA) is 24.1 Å². The standard InChI is InChI=1S/C21H32N2S/c1-21(2,3)23-20(24)22-19-17(15-9-4-5-10-15)13-8-14-18(19)16-11-6-7-12-16/h8,13-16H,4-7,9-12H2,1-3H3,(H2,22,23,24). The van der Waals surface area contributed by atoms with Crippen LogP contribution in [0.15, 0.2) is 18.2 Å². The molecule has 0 aromatic heterocycles. The van der Waals surface area contributed by atoms with Crippen molar-refractivity contribution >= 4 is 23.0 Å². The fourth-order valence-electron chi connectivity index (χ4n) is 4.37. The first-order chi connectivity index (χ1) is 11.4. The number of thiocarbonyl (C=S) groups is 1. The highest BCUT2D eigenvalue weighted by Crippen LogP contribution is 2.44. The van der Waals surface area contributed by atoms with E-state index in [9.17, 15) is 0 Å². The number of anilines is 1. The van der Waals surface area contributed by atoms with Gasteiger partial charge >= 0.3 is 0 Å². The van der Waals surface area contributed by atoms with Crippen molar-refractivity contribution in [1.82, 2.24) is 5.32 Å². The van der Waals surface area contributed by atoms with Gasteiger partial charge in [-0.25, -0.2) is 0 Å². The molecule has 3 heteroatoms. The monoisotopic (exact) mass is 344 g/mol. The minimum atomic E-state index is -0.0140. The van der Waals surface area contributed by atoms with Gasteiger partial charge in [0, 0.05) is 11.2 Å². The van der Waals surface area contributed by atoms with Crippen molar-refractivity contribution in [2.45, 2.75) is 89.5 Å². The summed E-state index contributed by atoms with van der Waals surface area (Å²) < 4.78 is 0. The summed E-state index contributed by atoms with van der Waals surface area (Å²) in [5, 5.41) is 7.79. The van der Waals surface area contributed by atoms with E-state index in [-0.39, 0.29) is 5.54 Å². The predicted molar refractivity (Wildman–Crippen MR) is 108 cm³/mol. The molecule has 0 heterocycles. The Morgan fingerprint density at radius 3 is 1.79 bits per heavy atom. The smallest absolute Gasteiger partial charge is 0.171 e. The summed E-state index contributed by atoms with van der Waals surface area (Å²) in [6.45, 7) is 6.46. The molecule has 0 atom stereocenters. The third kappa shape index (κ3) is 4.30. The number of nitrogens with one attached hydrogen (secondary N) is 2. The van der Waals surface area contributed by atoms with Gasteiger partial charge in [-0.1, -0.05) is 43.9 Å². The molecule has 3 rings (SSSR count). The van der Waals surface area contributed by atoms with E-state index in [1.54, 1.807) is 0 Å². The van der Waals surface area contributed by atoms with Gasteiger partial charge in [-0.05, 0) is 81.6 Å². The van der Waals surface area contributed by atoms with Crippen molar-refractivity contribution in [1.29, 1.82) is 0 Å². The van der Waals surface area contributed by atoms with Crippen LogP contribution in [0.1, 0.15) is 95.1 Å². The molecular formula is C21H32N2S. The molecule has 0 unspecified atom stereocenters. The molecule has 0 spiro atoms. The minimum Gasteiger partial charge on any atom is -0.358 e. The van der Waals surface area contributed by atoms with Crippen molar-refractivity contribution in [2.24, 2.45) is 0 Å². The Kier molecular flexibility index (Phi) is 5.49. The Balaban J connectivity index is 1.91. The summed E-state index contributed by atoms with van der Waals surface area (Å²) in [5.74, 6) is 1.40. The van der Waals surface area contributed by atoms with Gasteiger partial charge in [0.2, 0.25) is 0 Å². The molecule has 132 valence electrons. The average Bonchev–Trinajstić information content (AvgIpc) is 3.19. The van der Waals surface area contributed by atoms with E-state index in [2.05, 4.69) is 49.6 Å². The number of para-hydroxylation sites is 1. The zero-order valence-corrected chi connectivity index (χ0v) is 16.3. The molecule has 1 aromatic rings. The third-order valence-corrected chi connectivity index (χ3v) is 5.65. The lowest BCUT2D eigenvalue weighted by atomic mass is 9.88. The van der Waals surface area contributed by atoms with Gasteiger partial charge in [0.05, 0.1) is 0 Å². The van der Waals surface area contributed by atoms with Gasteiger partial charge in [0.1, 0.15) is 0 Å². The van der Waals surface area contributed by atoms with Crippen molar-refractivity contribution in [2.75, 3.05) is 5.32 Å². The number of hydrogen-bond acceptors (Lipinski definition) is 1. The number of benzene rings is 1. The van der Waals surface area contributed by atoms with E-state index in [1.807, 2.05) is 0 Å². The lowest BCUT2D eigenvalue weighted by Crippen LogP contribution is -2.43. The zero-order chi connectivity index (χ0) is 17.2. The number of hydrogen-bond donors (Lipinski definition) is 2. The molecule has 2 N–H and O–H groups in total. The largest absolute Gasteiger partial charge is 0.358 e. The van der Waals surface area contributed by atoms with E-state index < -0.39 is 0 Å². The van der Waals surface area contributed by atoms with Crippen LogP contribution in [0, 0.1) is 0 Å². The van der Waals surface area contributed by atoms with Crippen LogP contribution in [0.3, 0.4) is 0 Å². The highest BCUT2D eigenvalue weighted by atomic mass is 32.1. The summed E-state index contributed by atoms with van der Waals surface area (Å²) in [6, 6.07) is 6.93. The van der Waals surface area contributed by atoms with Gasteiger partial charge in [-0.3, -0.25) is 0 Å². The molecule has 2 fully saturated rings. The third-order valence-electron chi connectivity index (χ3n) is 5.45. The van der Waals surface area contributed by atoms with Crippen LogP contribution in [0.5, 0.6) is 0 Å². The molecular weight excluding hydrogens is 312 g/mol.